The summed E-state index contributed by atoms with van der Waals surface area (Å²) < 4.78 is 0. The van der Waals surface area contributed by atoms with Gasteiger partial charge in [0.25, 0.3) is 5.91 Å². The molecule has 0 spiro atoms. The van der Waals surface area contributed by atoms with Crippen molar-refractivity contribution in [1.82, 2.24) is 15.2 Å². The summed E-state index contributed by atoms with van der Waals surface area (Å²) in [6.07, 6.45) is 11.1. The number of aromatic nitrogens is 1. The van der Waals surface area contributed by atoms with Crippen LogP contribution >= 0.6 is 11.6 Å². The van der Waals surface area contributed by atoms with E-state index in [9.17, 15) is 9.59 Å². The molecule has 6 nitrogen and oxygen atoms in total. The molecular formula is C20H29ClN4O2. The number of hydrogen-bond donors (Lipinski definition) is 2. The molecular weight excluding hydrogens is 364 g/mol. The van der Waals surface area contributed by atoms with Crippen LogP contribution in [0.15, 0.2) is 12.3 Å². The van der Waals surface area contributed by atoms with Crippen molar-refractivity contribution < 1.29 is 9.59 Å². The zero-order chi connectivity index (χ0) is 19.1. The van der Waals surface area contributed by atoms with Gasteiger partial charge >= 0.3 is 0 Å². The Balaban J connectivity index is 1.46. The highest BCUT2D eigenvalue weighted by Crippen LogP contribution is 2.22. The molecule has 0 atom stereocenters. The molecule has 2 fully saturated rings. The van der Waals surface area contributed by atoms with Crippen molar-refractivity contribution in [3.63, 3.8) is 0 Å². The van der Waals surface area contributed by atoms with Crippen LogP contribution in [0.25, 0.3) is 0 Å². The zero-order valence-electron chi connectivity index (χ0n) is 15.8. The topological polar surface area (TPSA) is 74.3 Å². The first-order chi connectivity index (χ1) is 13.1. The van der Waals surface area contributed by atoms with Crippen molar-refractivity contribution in [1.29, 1.82) is 0 Å². The van der Waals surface area contributed by atoms with Crippen LogP contribution in [0, 0.1) is 0 Å². The predicted molar refractivity (Wildman–Crippen MR) is 107 cm³/mol. The lowest BCUT2D eigenvalue weighted by Gasteiger charge is -2.26. The minimum atomic E-state index is -0.0116. The SMILES string of the molecule is O=C(CCNc1ncc(C(=O)N2CCCCC2)cc1Cl)NC1CCCCC1. The molecule has 2 aliphatic rings. The largest absolute Gasteiger partial charge is 0.368 e. The van der Waals surface area contributed by atoms with Crippen molar-refractivity contribution in [3.8, 4) is 0 Å². The number of anilines is 1. The maximum atomic E-state index is 12.5. The van der Waals surface area contributed by atoms with Gasteiger partial charge < -0.3 is 15.5 Å². The van der Waals surface area contributed by atoms with E-state index in [1.54, 1.807) is 12.3 Å². The molecule has 7 heteroatoms. The average molecular weight is 393 g/mol. The second kappa shape index (κ2) is 9.93. The molecule has 1 saturated heterocycles. The van der Waals surface area contributed by atoms with Gasteiger partial charge in [-0.3, -0.25) is 9.59 Å². The van der Waals surface area contributed by atoms with E-state index in [1.165, 1.54) is 25.7 Å². The second-order valence-corrected chi connectivity index (χ2v) is 7.89. The van der Waals surface area contributed by atoms with Gasteiger partial charge in [-0.1, -0.05) is 30.9 Å². The van der Waals surface area contributed by atoms with Crippen LogP contribution in [0.3, 0.4) is 0 Å². The van der Waals surface area contributed by atoms with Gasteiger partial charge in [-0.25, -0.2) is 4.98 Å². The monoisotopic (exact) mass is 392 g/mol. The van der Waals surface area contributed by atoms with Crippen LogP contribution in [-0.4, -0.2) is 47.4 Å². The van der Waals surface area contributed by atoms with Crippen molar-refractivity contribution in [2.24, 2.45) is 0 Å². The van der Waals surface area contributed by atoms with E-state index in [4.69, 9.17) is 11.6 Å². The molecule has 27 heavy (non-hydrogen) atoms. The molecule has 2 amide bonds. The molecule has 2 N–H and O–H groups in total. The highest BCUT2D eigenvalue weighted by atomic mass is 35.5. The van der Waals surface area contributed by atoms with Crippen LogP contribution in [0.2, 0.25) is 5.02 Å². The van der Waals surface area contributed by atoms with Gasteiger partial charge in [0.1, 0.15) is 5.82 Å². The fourth-order valence-corrected chi connectivity index (χ4v) is 4.04. The average Bonchev–Trinajstić information content (AvgIpc) is 2.70. The third-order valence-electron chi connectivity index (χ3n) is 5.35. The molecule has 0 unspecified atom stereocenters. The number of nitrogens with one attached hydrogen (secondary N) is 2. The minimum Gasteiger partial charge on any atom is -0.368 e. The van der Waals surface area contributed by atoms with E-state index in [2.05, 4.69) is 15.6 Å². The number of likely N-dealkylation sites (tertiary alicyclic amines) is 1. The molecule has 1 aromatic rings. The number of halogens is 1. The molecule has 0 aromatic carbocycles. The lowest BCUT2D eigenvalue weighted by Crippen LogP contribution is -2.36. The summed E-state index contributed by atoms with van der Waals surface area (Å²) in [5, 5.41) is 6.60. The predicted octanol–water partition coefficient (Wildman–Crippen LogP) is 3.61. The first-order valence-corrected chi connectivity index (χ1v) is 10.5. The summed E-state index contributed by atoms with van der Waals surface area (Å²) in [5.41, 5.74) is 0.516. The summed E-state index contributed by atoms with van der Waals surface area (Å²) in [6, 6.07) is 1.99. The van der Waals surface area contributed by atoms with Crippen molar-refractivity contribution in [3.05, 3.63) is 22.8 Å². The minimum absolute atomic E-state index is 0.0116. The number of amides is 2. The maximum absolute atomic E-state index is 12.5. The van der Waals surface area contributed by atoms with E-state index in [0.717, 1.165) is 38.8 Å². The second-order valence-electron chi connectivity index (χ2n) is 7.49. The maximum Gasteiger partial charge on any atom is 0.255 e. The lowest BCUT2D eigenvalue weighted by atomic mass is 9.95. The number of piperidine rings is 1. The Morgan fingerprint density at radius 3 is 2.52 bits per heavy atom. The Morgan fingerprint density at radius 2 is 1.81 bits per heavy atom. The molecule has 148 valence electrons. The summed E-state index contributed by atoms with van der Waals surface area (Å²) >= 11 is 6.29. The first kappa shape index (κ1) is 19.9. The molecule has 1 aromatic heterocycles. The van der Waals surface area contributed by atoms with E-state index in [1.807, 2.05) is 4.90 Å². The molecule has 1 aliphatic carbocycles. The molecule has 2 heterocycles. The Morgan fingerprint density at radius 1 is 1.11 bits per heavy atom. The number of carbonyl (C=O) groups is 2. The van der Waals surface area contributed by atoms with Crippen molar-refractivity contribution >= 4 is 29.2 Å². The van der Waals surface area contributed by atoms with Crippen LogP contribution in [0.5, 0.6) is 0 Å². The number of rotatable bonds is 6. The lowest BCUT2D eigenvalue weighted by molar-refractivity contribution is -0.121. The van der Waals surface area contributed by atoms with Gasteiger partial charge in [0.15, 0.2) is 0 Å². The van der Waals surface area contributed by atoms with Crippen molar-refractivity contribution in [2.45, 2.75) is 63.8 Å². The summed E-state index contributed by atoms with van der Waals surface area (Å²) in [5.74, 6) is 0.558. The Hall–Kier alpha value is -1.82. The number of hydrogen-bond acceptors (Lipinski definition) is 4. The quantitative estimate of drug-likeness (QED) is 0.775. The first-order valence-electron chi connectivity index (χ1n) is 10.1. The highest BCUT2D eigenvalue weighted by molar-refractivity contribution is 6.33. The van der Waals surface area contributed by atoms with Crippen molar-refractivity contribution in [2.75, 3.05) is 25.0 Å². The van der Waals surface area contributed by atoms with E-state index in [0.29, 0.717) is 35.4 Å². The molecule has 1 aliphatic heterocycles. The third-order valence-corrected chi connectivity index (χ3v) is 5.63. The van der Waals surface area contributed by atoms with Crippen LogP contribution < -0.4 is 10.6 Å². The highest BCUT2D eigenvalue weighted by Gasteiger charge is 2.20. The van der Waals surface area contributed by atoms with Gasteiger partial charge in [-0.2, -0.15) is 0 Å². The standard InChI is InChI=1S/C20H29ClN4O2/c21-17-13-15(20(27)25-11-5-2-6-12-25)14-23-19(17)22-10-9-18(26)24-16-7-3-1-4-8-16/h13-14,16H,1-12H2,(H,22,23)(H,24,26). The number of nitrogens with zero attached hydrogens (tertiary/aromatic N) is 2. The Labute approximate surface area is 166 Å². The molecule has 0 bridgehead atoms. The molecule has 3 rings (SSSR count). The number of carbonyl (C=O) groups excluding carboxylic acids is 2. The zero-order valence-corrected chi connectivity index (χ0v) is 16.6. The van der Waals surface area contributed by atoms with Gasteiger partial charge in [0, 0.05) is 38.3 Å². The fourth-order valence-electron chi connectivity index (χ4n) is 3.81. The normalized spacial score (nSPS) is 18.2. The van der Waals surface area contributed by atoms with Gasteiger partial charge in [0.2, 0.25) is 5.91 Å². The van der Waals surface area contributed by atoms with E-state index in [-0.39, 0.29) is 11.8 Å². The van der Waals surface area contributed by atoms with Crippen LogP contribution in [0.4, 0.5) is 5.82 Å². The van der Waals surface area contributed by atoms with Crippen LogP contribution in [0.1, 0.15) is 68.1 Å². The Kier molecular flexibility index (Phi) is 7.33. The summed E-state index contributed by atoms with van der Waals surface area (Å²) in [7, 11) is 0. The van der Waals surface area contributed by atoms with E-state index >= 15 is 0 Å². The smallest absolute Gasteiger partial charge is 0.255 e. The van der Waals surface area contributed by atoms with Gasteiger partial charge in [-0.05, 0) is 38.2 Å². The van der Waals surface area contributed by atoms with Crippen LogP contribution in [-0.2, 0) is 4.79 Å². The van der Waals surface area contributed by atoms with Gasteiger partial charge in [-0.15, -0.1) is 0 Å². The summed E-state index contributed by atoms with van der Waals surface area (Å²) in [6.45, 7) is 2.06. The third kappa shape index (κ3) is 5.83. The summed E-state index contributed by atoms with van der Waals surface area (Å²) in [4.78, 5) is 30.7. The fraction of sp³-hybridized carbons (Fsp3) is 0.650. The van der Waals surface area contributed by atoms with Gasteiger partial charge in [0.05, 0.1) is 10.6 Å². The molecule has 0 radical (unpaired) electrons. The number of pyridine rings is 1. The van der Waals surface area contributed by atoms with E-state index < -0.39 is 0 Å². The molecule has 1 saturated carbocycles. The Bertz CT molecular complexity index is 655.